The number of rotatable bonds is 2. The lowest BCUT2D eigenvalue weighted by Crippen LogP contribution is -2.53. The molecule has 1 aromatic carbocycles. The number of likely N-dealkylation sites (N-methyl/N-ethyl adjacent to an activating group) is 1. The average molecular weight is 356 g/mol. The van der Waals surface area contributed by atoms with Gasteiger partial charge in [0.25, 0.3) is 0 Å². The molecule has 2 atom stereocenters. The maximum Gasteiger partial charge on any atom is 0.0644 e. The van der Waals surface area contributed by atoms with Gasteiger partial charge in [-0.2, -0.15) is 0 Å². The van der Waals surface area contributed by atoms with Gasteiger partial charge in [0.1, 0.15) is 0 Å². The van der Waals surface area contributed by atoms with Gasteiger partial charge in [-0.25, -0.2) is 0 Å². The maximum atomic E-state index is 3.59. The Labute approximate surface area is 160 Å². The van der Waals surface area contributed by atoms with Crippen molar-refractivity contribution in [2.24, 2.45) is 11.8 Å². The fourth-order valence-corrected chi connectivity index (χ4v) is 5.59. The predicted molar refractivity (Wildman–Crippen MR) is 112 cm³/mol. The largest absolute Gasteiger partial charge is 0.365 e. The lowest BCUT2D eigenvalue weighted by atomic mass is 9.90. The number of anilines is 2. The molecule has 0 aromatic heterocycles. The summed E-state index contributed by atoms with van der Waals surface area (Å²) in [4.78, 5) is 5.34. The Balaban J connectivity index is 0.000000209. The van der Waals surface area contributed by atoms with Gasteiger partial charge in [0.05, 0.1) is 16.9 Å². The van der Waals surface area contributed by atoms with Crippen LogP contribution in [0.5, 0.6) is 0 Å². The van der Waals surface area contributed by atoms with Crippen LogP contribution < -0.4 is 15.1 Å². The Kier molecular flexibility index (Phi) is 4.71. The number of fused-ring (bicyclic) bond motifs is 3. The Morgan fingerprint density at radius 1 is 1.15 bits per heavy atom. The van der Waals surface area contributed by atoms with Gasteiger partial charge >= 0.3 is 0 Å². The van der Waals surface area contributed by atoms with E-state index in [4.69, 9.17) is 0 Å². The van der Waals surface area contributed by atoms with Crippen molar-refractivity contribution in [1.29, 1.82) is 0 Å². The number of nitrogens with one attached hydrogen (secondary N) is 1. The van der Waals surface area contributed by atoms with Gasteiger partial charge in [0, 0.05) is 32.1 Å². The van der Waals surface area contributed by atoms with E-state index in [1.165, 1.54) is 44.5 Å². The molecule has 2 fully saturated rings. The quantitative estimate of drug-likeness (QED) is 0.835. The zero-order chi connectivity index (χ0) is 18.5. The summed E-state index contributed by atoms with van der Waals surface area (Å²) in [5.41, 5.74) is 5.10. The Bertz CT molecular complexity index is 641. The number of hydrogen-bond donors (Lipinski definition) is 1. The van der Waals surface area contributed by atoms with Crippen LogP contribution in [-0.4, -0.2) is 38.3 Å². The lowest BCUT2D eigenvalue weighted by molar-refractivity contribution is 0.390. The fraction of sp³-hybridized carbons (Fsp3) is 0.739. The third kappa shape index (κ3) is 3.02. The summed E-state index contributed by atoms with van der Waals surface area (Å²) in [5, 5.41) is 3.59. The third-order valence-electron chi connectivity index (χ3n) is 6.89. The maximum absolute atomic E-state index is 3.59. The van der Waals surface area contributed by atoms with Gasteiger partial charge in [-0.1, -0.05) is 39.8 Å². The van der Waals surface area contributed by atoms with Gasteiger partial charge in [-0.3, -0.25) is 0 Å². The third-order valence-corrected chi connectivity index (χ3v) is 6.89. The molecule has 1 N–H and O–H groups in total. The monoisotopic (exact) mass is 355 g/mol. The first-order chi connectivity index (χ1) is 12.4. The van der Waals surface area contributed by atoms with Gasteiger partial charge in [-0.15, -0.1) is 0 Å². The van der Waals surface area contributed by atoms with E-state index in [1.807, 2.05) is 0 Å². The highest BCUT2D eigenvalue weighted by atomic mass is 15.4. The second-order valence-electron chi connectivity index (χ2n) is 9.82. The predicted octanol–water partition coefficient (Wildman–Crippen LogP) is 4.62. The molecule has 0 amide bonds. The molecule has 1 aromatic rings. The van der Waals surface area contributed by atoms with Crippen molar-refractivity contribution in [1.82, 2.24) is 5.32 Å². The molecule has 26 heavy (non-hydrogen) atoms. The molecule has 3 nitrogen and oxygen atoms in total. The molecule has 3 heterocycles. The number of hydrogen-bond acceptors (Lipinski definition) is 3. The van der Waals surface area contributed by atoms with Crippen molar-refractivity contribution in [3.63, 3.8) is 0 Å². The van der Waals surface area contributed by atoms with Crippen molar-refractivity contribution < 1.29 is 0 Å². The minimum atomic E-state index is 0.464. The van der Waals surface area contributed by atoms with Crippen molar-refractivity contribution >= 4 is 11.4 Å². The Hall–Kier alpha value is -1.22. The highest BCUT2D eigenvalue weighted by Crippen LogP contribution is 2.57. The number of nitrogens with zero attached hydrogens (tertiary/aromatic N) is 2. The highest BCUT2D eigenvalue weighted by Gasteiger charge is 2.55. The van der Waals surface area contributed by atoms with Gasteiger partial charge in [0.2, 0.25) is 0 Å². The normalized spacial score (nSPS) is 27.3. The fourth-order valence-electron chi connectivity index (χ4n) is 5.59. The zero-order valence-electron chi connectivity index (χ0n) is 17.4. The van der Waals surface area contributed by atoms with Crippen LogP contribution in [0, 0.1) is 11.8 Å². The molecule has 3 aliphatic heterocycles. The summed E-state index contributed by atoms with van der Waals surface area (Å²) >= 11 is 0. The minimum absolute atomic E-state index is 0.464. The Morgan fingerprint density at radius 2 is 1.88 bits per heavy atom. The molecule has 4 aliphatic rings. The van der Waals surface area contributed by atoms with Crippen LogP contribution in [-0.2, 0) is 0 Å². The first kappa shape index (κ1) is 18.2. The smallest absolute Gasteiger partial charge is 0.0644 e. The summed E-state index contributed by atoms with van der Waals surface area (Å²) in [5.74, 6) is 2.46. The Morgan fingerprint density at radius 3 is 2.50 bits per heavy atom. The molecule has 144 valence electrons. The highest BCUT2D eigenvalue weighted by molar-refractivity contribution is 5.82. The molecule has 5 rings (SSSR count). The van der Waals surface area contributed by atoms with E-state index in [0.29, 0.717) is 11.5 Å². The van der Waals surface area contributed by atoms with Crippen LogP contribution in [0.15, 0.2) is 18.2 Å². The number of piperidine rings is 1. The molecule has 0 radical (unpaired) electrons. The van der Waals surface area contributed by atoms with Crippen molar-refractivity contribution in [3.05, 3.63) is 23.8 Å². The SMILES string of the molecule is CC(C)CC(C)C.CN1c2cccc3c2N(CC12CC2)C1CCNCC31. The van der Waals surface area contributed by atoms with Crippen LogP contribution in [0.25, 0.3) is 0 Å². The molecule has 1 saturated carbocycles. The summed E-state index contributed by atoms with van der Waals surface area (Å²) in [7, 11) is 2.31. The second-order valence-corrected chi connectivity index (χ2v) is 9.82. The first-order valence-corrected chi connectivity index (χ1v) is 10.8. The van der Waals surface area contributed by atoms with Gasteiger partial charge < -0.3 is 15.1 Å². The van der Waals surface area contributed by atoms with Crippen LogP contribution in [0.3, 0.4) is 0 Å². The minimum Gasteiger partial charge on any atom is -0.365 e. The number of benzene rings is 1. The van der Waals surface area contributed by atoms with E-state index < -0.39 is 0 Å². The standard InChI is InChI=1S/C16H21N3.C7H16/c1-18-14-4-2-3-11-12-9-17-8-5-13(12)19(15(11)14)10-16(18)6-7-16;1-6(2)5-7(3)4/h2-4,12-13,17H,5-10H2,1H3;6-7H,5H2,1-4H3. The van der Waals surface area contributed by atoms with E-state index in [2.05, 4.69) is 68.1 Å². The summed E-state index contributed by atoms with van der Waals surface area (Å²) in [6, 6.07) is 7.71. The molecular formula is C23H37N3. The van der Waals surface area contributed by atoms with E-state index in [-0.39, 0.29) is 0 Å². The van der Waals surface area contributed by atoms with Crippen LogP contribution in [0.4, 0.5) is 11.4 Å². The summed E-state index contributed by atoms with van der Waals surface area (Å²) in [6.45, 7) is 12.7. The molecule has 1 spiro atoms. The lowest BCUT2D eigenvalue weighted by Gasteiger charge is -2.45. The van der Waals surface area contributed by atoms with Gasteiger partial charge in [0.15, 0.2) is 0 Å². The number of para-hydroxylation sites is 1. The molecular weight excluding hydrogens is 318 g/mol. The summed E-state index contributed by atoms with van der Waals surface area (Å²) in [6.07, 6.45) is 5.41. The van der Waals surface area contributed by atoms with Crippen LogP contribution in [0.1, 0.15) is 64.9 Å². The molecule has 0 bridgehead atoms. The van der Waals surface area contributed by atoms with Crippen LogP contribution in [0.2, 0.25) is 0 Å². The van der Waals surface area contributed by atoms with Crippen molar-refractivity contribution in [2.45, 2.75) is 70.9 Å². The summed E-state index contributed by atoms with van der Waals surface area (Å²) < 4.78 is 0. The van der Waals surface area contributed by atoms with Gasteiger partial charge in [-0.05, 0) is 55.7 Å². The van der Waals surface area contributed by atoms with Crippen molar-refractivity contribution in [2.75, 3.05) is 36.5 Å². The van der Waals surface area contributed by atoms with E-state index in [1.54, 1.807) is 11.3 Å². The van der Waals surface area contributed by atoms with Crippen molar-refractivity contribution in [3.8, 4) is 0 Å². The average Bonchev–Trinajstić information content (AvgIpc) is 3.30. The molecule has 1 saturated heterocycles. The second kappa shape index (κ2) is 6.74. The molecule has 2 unspecified atom stereocenters. The first-order valence-electron chi connectivity index (χ1n) is 10.8. The topological polar surface area (TPSA) is 18.5 Å². The van der Waals surface area contributed by atoms with E-state index in [9.17, 15) is 0 Å². The molecule has 3 heteroatoms. The zero-order valence-corrected chi connectivity index (χ0v) is 17.4. The van der Waals surface area contributed by atoms with E-state index >= 15 is 0 Å². The van der Waals surface area contributed by atoms with E-state index in [0.717, 1.165) is 24.4 Å². The van der Waals surface area contributed by atoms with Crippen LogP contribution >= 0.6 is 0 Å². The molecule has 1 aliphatic carbocycles.